The lowest BCUT2D eigenvalue weighted by Crippen LogP contribution is -2.23. The number of nitrogens with one attached hydrogen (secondary N) is 4. The standard InChI is InChI=1S/C21H28N8O2/c1-13(2)28-18(8-10-22-28)26-20(30)24-16-7-6-15(5)17(12-16)25-21(31)27-19-9-11-23-29(19)14(3)4/h6-14H,1-5H3,(H2,24,26,30)(H2,25,27,31). The third-order valence-corrected chi connectivity index (χ3v) is 4.55. The molecule has 4 amide bonds. The number of urea groups is 2. The molecule has 0 aliphatic carbocycles. The monoisotopic (exact) mass is 424 g/mol. The molecule has 0 fully saturated rings. The summed E-state index contributed by atoms with van der Waals surface area (Å²) in [6.45, 7) is 9.79. The van der Waals surface area contributed by atoms with Crippen LogP contribution in [0.15, 0.2) is 42.7 Å². The topological polar surface area (TPSA) is 118 Å². The molecule has 0 aliphatic rings. The first-order valence-electron chi connectivity index (χ1n) is 10.1. The van der Waals surface area contributed by atoms with E-state index < -0.39 is 12.1 Å². The molecule has 3 rings (SSSR count). The molecule has 0 atom stereocenters. The zero-order valence-corrected chi connectivity index (χ0v) is 18.3. The van der Waals surface area contributed by atoms with Crippen LogP contribution >= 0.6 is 0 Å². The number of aromatic nitrogens is 4. The Morgan fingerprint density at radius 3 is 1.81 bits per heavy atom. The molecular formula is C21H28N8O2. The highest BCUT2D eigenvalue weighted by molar-refractivity contribution is 6.02. The summed E-state index contributed by atoms with van der Waals surface area (Å²) in [7, 11) is 0. The van der Waals surface area contributed by atoms with Gasteiger partial charge in [0.2, 0.25) is 0 Å². The van der Waals surface area contributed by atoms with Crippen molar-refractivity contribution in [1.82, 2.24) is 19.6 Å². The van der Waals surface area contributed by atoms with Crippen LogP contribution in [0, 0.1) is 6.92 Å². The number of benzene rings is 1. The van der Waals surface area contributed by atoms with E-state index >= 15 is 0 Å². The van der Waals surface area contributed by atoms with Crippen molar-refractivity contribution < 1.29 is 9.59 Å². The summed E-state index contributed by atoms with van der Waals surface area (Å²) in [6.07, 6.45) is 3.27. The molecule has 164 valence electrons. The molecule has 3 aromatic rings. The molecule has 2 aromatic heterocycles. The van der Waals surface area contributed by atoms with Gasteiger partial charge in [-0.25, -0.2) is 19.0 Å². The van der Waals surface area contributed by atoms with Gasteiger partial charge in [-0.05, 0) is 52.3 Å². The lowest BCUT2D eigenvalue weighted by atomic mass is 10.2. The minimum absolute atomic E-state index is 0.116. The second kappa shape index (κ2) is 9.33. The molecule has 4 N–H and O–H groups in total. The first kappa shape index (κ1) is 21.9. The van der Waals surface area contributed by atoms with Crippen LogP contribution in [0.25, 0.3) is 0 Å². The fraction of sp³-hybridized carbons (Fsp3) is 0.333. The first-order valence-corrected chi connectivity index (χ1v) is 10.1. The number of amides is 4. The Kier molecular flexibility index (Phi) is 6.58. The maximum atomic E-state index is 12.5. The molecule has 0 aliphatic heterocycles. The van der Waals surface area contributed by atoms with Gasteiger partial charge in [0, 0.05) is 35.6 Å². The molecule has 31 heavy (non-hydrogen) atoms. The van der Waals surface area contributed by atoms with Crippen LogP contribution in [0.2, 0.25) is 0 Å². The zero-order valence-electron chi connectivity index (χ0n) is 18.3. The second-order valence-corrected chi connectivity index (χ2v) is 7.70. The fourth-order valence-corrected chi connectivity index (χ4v) is 3.03. The number of aryl methyl sites for hydroxylation is 1. The largest absolute Gasteiger partial charge is 0.324 e. The lowest BCUT2D eigenvalue weighted by Gasteiger charge is -2.15. The summed E-state index contributed by atoms with van der Waals surface area (Å²) in [5.74, 6) is 1.19. The van der Waals surface area contributed by atoms with E-state index in [1.165, 1.54) is 0 Å². The molecular weight excluding hydrogens is 396 g/mol. The Hall–Kier alpha value is -3.82. The number of rotatable bonds is 6. The van der Waals surface area contributed by atoms with E-state index in [1.807, 2.05) is 40.7 Å². The van der Waals surface area contributed by atoms with Gasteiger partial charge in [-0.15, -0.1) is 0 Å². The van der Waals surface area contributed by atoms with Crippen LogP contribution in [0.4, 0.5) is 32.6 Å². The molecule has 10 heteroatoms. The van der Waals surface area contributed by atoms with Gasteiger partial charge in [0.05, 0.1) is 12.4 Å². The minimum atomic E-state index is -0.400. The zero-order chi connectivity index (χ0) is 22.5. The summed E-state index contributed by atoms with van der Waals surface area (Å²) >= 11 is 0. The summed E-state index contributed by atoms with van der Waals surface area (Å²) < 4.78 is 3.44. The Balaban J connectivity index is 1.65. The van der Waals surface area contributed by atoms with Gasteiger partial charge >= 0.3 is 12.1 Å². The van der Waals surface area contributed by atoms with Crippen molar-refractivity contribution in [3.63, 3.8) is 0 Å². The van der Waals surface area contributed by atoms with Crippen molar-refractivity contribution >= 4 is 35.1 Å². The number of hydrogen-bond donors (Lipinski definition) is 4. The Morgan fingerprint density at radius 2 is 1.29 bits per heavy atom. The summed E-state index contributed by atoms with van der Waals surface area (Å²) in [6, 6.07) is 8.19. The second-order valence-electron chi connectivity index (χ2n) is 7.70. The van der Waals surface area contributed by atoms with Crippen molar-refractivity contribution in [1.29, 1.82) is 0 Å². The maximum Gasteiger partial charge on any atom is 0.324 e. The number of carbonyl (C=O) groups excluding carboxylic acids is 2. The van der Waals surface area contributed by atoms with Crippen LogP contribution in [0.3, 0.4) is 0 Å². The van der Waals surface area contributed by atoms with E-state index in [0.717, 1.165) is 5.56 Å². The van der Waals surface area contributed by atoms with Gasteiger partial charge in [0.1, 0.15) is 11.6 Å². The van der Waals surface area contributed by atoms with Crippen LogP contribution in [-0.4, -0.2) is 31.6 Å². The maximum absolute atomic E-state index is 12.5. The van der Waals surface area contributed by atoms with Crippen molar-refractivity contribution in [2.75, 3.05) is 21.3 Å². The van der Waals surface area contributed by atoms with Gasteiger partial charge < -0.3 is 10.6 Å². The third kappa shape index (κ3) is 5.41. The van der Waals surface area contributed by atoms with Gasteiger partial charge in [0.15, 0.2) is 0 Å². The van der Waals surface area contributed by atoms with E-state index in [4.69, 9.17) is 0 Å². The lowest BCUT2D eigenvalue weighted by molar-refractivity contribution is 0.261. The highest BCUT2D eigenvalue weighted by Crippen LogP contribution is 2.22. The summed E-state index contributed by atoms with van der Waals surface area (Å²) in [5.41, 5.74) is 1.98. The van der Waals surface area contributed by atoms with E-state index in [0.29, 0.717) is 23.0 Å². The van der Waals surface area contributed by atoms with Crippen LogP contribution in [0.5, 0.6) is 0 Å². The number of carbonyl (C=O) groups is 2. The third-order valence-electron chi connectivity index (χ3n) is 4.55. The van der Waals surface area contributed by atoms with E-state index in [-0.39, 0.29) is 12.1 Å². The van der Waals surface area contributed by atoms with E-state index in [9.17, 15) is 9.59 Å². The van der Waals surface area contributed by atoms with E-state index in [1.54, 1.807) is 46.0 Å². The highest BCUT2D eigenvalue weighted by atomic mass is 16.2. The first-order chi connectivity index (χ1) is 14.7. The smallest absolute Gasteiger partial charge is 0.308 e. The predicted octanol–water partition coefficient (Wildman–Crippen LogP) is 4.84. The molecule has 0 spiro atoms. The van der Waals surface area contributed by atoms with Crippen molar-refractivity contribution in [3.05, 3.63) is 48.3 Å². The number of hydrogen-bond acceptors (Lipinski definition) is 4. The molecule has 0 bridgehead atoms. The molecule has 0 radical (unpaired) electrons. The highest BCUT2D eigenvalue weighted by Gasteiger charge is 2.13. The van der Waals surface area contributed by atoms with Crippen LogP contribution < -0.4 is 21.3 Å². The number of nitrogens with zero attached hydrogens (tertiary/aromatic N) is 4. The molecule has 10 nitrogen and oxygen atoms in total. The SMILES string of the molecule is Cc1ccc(NC(=O)Nc2ccnn2C(C)C)cc1NC(=O)Nc1ccnn1C(C)C. The Morgan fingerprint density at radius 1 is 0.774 bits per heavy atom. The quantitative estimate of drug-likeness (QED) is 0.453. The normalized spacial score (nSPS) is 10.9. The average Bonchev–Trinajstić information content (AvgIpc) is 3.33. The van der Waals surface area contributed by atoms with Crippen LogP contribution in [0.1, 0.15) is 45.3 Å². The van der Waals surface area contributed by atoms with Crippen molar-refractivity contribution in [3.8, 4) is 0 Å². The fourth-order valence-electron chi connectivity index (χ4n) is 3.03. The minimum Gasteiger partial charge on any atom is -0.308 e. The average molecular weight is 425 g/mol. The van der Waals surface area contributed by atoms with Crippen LogP contribution in [-0.2, 0) is 0 Å². The van der Waals surface area contributed by atoms with Gasteiger partial charge in [-0.3, -0.25) is 10.6 Å². The predicted molar refractivity (Wildman–Crippen MR) is 122 cm³/mol. The Bertz CT molecular complexity index is 1070. The molecule has 0 saturated carbocycles. The van der Waals surface area contributed by atoms with Crippen molar-refractivity contribution in [2.24, 2.45) is 0 Å². The van der Waals surface area contributed by atoms with Gasteiger partial charge in [0.25, 0.3) is 0 Å². The Labute approximate surface area is 181 Å². The number of anilines is 4. The summed E-state index contributed by atoms with van der Waals surface area (Å²) in [5, 5.41) is 19.6. The van der Waals surface area contributed by atoms with Gasteiger partial charge in [-0.2, -0.15) is 10.2 Å². The van der Waals surface area contributed by atoms with E-state index in [2.05, 4.69) is 31.5 Å². The molecule has 0 unspecified atom stereocenters. The van der Waals surface area contributed by atoms with Crippen molar-refractivity contribution in [2.45, 2.75) is 46.7 Å². The molecule has 0 saturated heterocycles. The molecule has 1 aromatic carbocycles. The van der Waals surface area contributed by atoms with Gasteiger partial charge in [-0.1, -0.05) is 6.07 Å². The summed E-state index contributed by atoms with van der Waals surface area (Å²) in [4.78, 5) is 24.9. The molecule has 2 heterocycles.